The van der Waals surface area contributed by atoms with E-state index in [9.17, 15) is 8.78 Å². The molecule has 0 bridgehead atoms. The van der Waals surface area contributed by atoms with E-state index < -0.39 is 6.55 Å². The summed E-state index contributed by atoms with van der Waals surface area (Å²) in [6.07, 6.45) is 1.57. The molecule has 0 spiro atoms. The van der Waals surface area contributed by atoms with Gasteiger partial charge in [0.25, 0.3) is 0 Å². The molecule has 0 atom stereocenters. The van der Waals surface area contributed by atoms with Crippen molar-refractivity contribution < 1.29 is 13.2 Å². The third kappa shape index (κ3) is 2.88. The fourth-order valence-corrected chi connectivity index (χ4v) is 3.74. The number of halogens is 2. The SMILES string of the molecule is CCn1c(SCc2nc3ccccc3n2C(F)F)nnc1-c1ccco1. The van der Waals surface area contributed by atoms with Crippen molar-refractivity contribution in [3.63, 3.8) is 0 Å². The normalized spacial score (nSPS) is 11.7. The molecule has 1 aromatic carbocycles. The lowest BCUT2D eigenvalue weighted by molar-refractivity contribution is 0.0722. The van der Waals surface area contributed by atoms with Crippen LogP contribution in [0.15, 0.2) is 52.2 Å². The standard InChI is InChI=1S/C17H15F2N5OS/c1-2-23-15(13-8-5-9-25-13)21-22-17(23)26-10-14-20-11-6-3-4-7-12(11)24(14)16(18)19/h3-9,16H,2,10H2,1H3. The van der Waals surface area contributed by atoms with Gasteiger partial charge in [0, 0.05) is 6.54 Å². The van der Waals surface area contributed by atoms with Gasteiger partial charge < -0.3 is 4.42 Å². The molecule has 0 unspecified atom stereocenters. The molecule has 0 radical (unpaired) electrons. The Bertz CT molecular complexity index is 1030. The molecule has 0 N–H and O–H groups in total. The average Bonchev–Trinajstić information content (AvgIpc) is 3.36. The zero-order valence-electron chi connectivity index (χ0n) is 13.8. The van der Waals surface area contributed by atoms with Crippen molar-refractivity contribution in [2.24, 2.45) is 0 Å². The number of alkyl halides is 2. The van der Waals surface area contributed by atoms with Gasteiger partial charge in [-0.3, -0.25) is 9.13 Å². The van der Waals surface area contributed by atoms with Gasteiger partial charge in [-0.2, -0.15) is 8.78 Å². The van der Waals surface area contributed by atoms with E-state index in [0.29, 0.717) is 40.1 Å². The summed E-state index contributed by atoms with van der Waals surface area (Å²) >= 11 is 1.32. The minimum atomic E-state index is -2.65. The number of thioether (sulfide) groups is 1. The first-order valence-corrected chi connectivity index (χ1v) is 9.01. The van der Waals surface area contributed by atoms with Gasteiger partial charge in [-0.1, -0.05) is 23.9 Å². The van der Waals surface area contributed by atoms with Gasteiger partial charge in [-0.05, 0) is 31.2 Å². The molecule has 0 saturated carbocycles. The van der Waals surface area contributed by atoms with E-state index in [1.165, 1.54) is 11.8 Å². The minimum Gasteiger partial charge on any atom is -0.461 e. The first-order valence-electron chi connectivity index (χ1n) is 8.03. The molecule has 0 aliphatic heterocycles. The number of aromatic nitrogens is 5. The Morgan fingerprint density at radius 2 is 2.00 bits per heavy atom. The number of benzene rings is 1. The van der Waals surface area contributed by atoms with Crippen molar-refractivity contribution in [3.05, 3.63) is 48.5 Å². The van der Waals surface area contributed by atoms with E-state index in [-0.39, 0.29) is 5.75 Å². The van der Waals surface area contributed by atoms with Crippen molar-refractivity contribution in [2.45, 2.75) is 30.9 Å². The van der Waals surface area contributed by atoms with E-state index in [1.807, 2.05) is 11.5 Å². The maximum atomic E-state index is 13.5. The largest absolute Gasteiger partial charge is 0.461 e. The van der Waals surface area contributed by atoms with Crippen molar-refractivity contribution >= 4 is 22.8 Å². The summed E-state index contributed by atoms with van der Waals surface area (Å²) in [5, 5.41) is 8.97. The van der Waals surface area contributed by atoms with E-state index in [1.54, 1.807) is 42.7 Å². The highest BCUT2D eigenvalue weighted by atomic mass is 32.2. The molecule has 134 valence electrons. The molecule has 0 amide bonds. The second-order valence-electron chi connectivity index (χ2n) is 5.48. The molecule has 6 nitrogen and oxygen atoms in total. The zero-order valence-corrected chi connectivity index (χ0v) is 14.7. The van der Waals surface area contributed by atoms with Crippen LogP contribution >= 0.6 is 11.8 Å². The van der Waals surface area contributed by atoms with Crippen LogP contribution in [0.1, 0.15) is 19.3 Å². The molecule has 4 rings (SSSR count). The van der Waals surface area contributed by atoms with Crippen LogP contribution < -0.4 is 0 Å². The van der Waals surface area contributed by atoms with E-state index in [2.05, 4.69) is 15.2 Å². The van der Waals surface area contributed by atoms with Crippen molar-refractivity contribution in [3.8, 4) is 11.6 Å². The topological polar surface area (TPSA) is 61.7 Å². The van der Waals surface area contributed by atoms with Crippen LogP contribution in [0.5, 0.6) is 0 Å². The zero-order chi connectivity index (χ0) is 18.1. The summed E-state index contributed by atoms with van der Waals surface area (Å²) in [4.78, 5) is 4.35. The number of imidazole rings is 1. The molecule has 3 aromatic heterocycles. The van der Waals surface area contributed by atoms with E-state index in [0.717, 1.165) is 4.57 Å². The van der Waals surface area contributed by atoms with Crippen LogP contribution in [-0.2, 0) is 12.3 Å². The fourth-order valence-electron chi connectivity index (χ4n) is 2.81. The Kier molecular flexibility index (Phi) is 4.46. The molecule has 0 fully saturated rings. The van der Waals surface area contributed by atoms with Crippen LogP contribution in [0.25, 0.3) is 22.6 Å². The summed E-state index contributed by atoms with van der Waals surface area (Å²) in [5.74, 6) is 1.79. The summed E-state index contributed by atoms with van der Waals surface area (Å²) in [7, 11) is 0. The Hall–Kier alpha value is -2.68. The number of hydrogen-bond donors (Lipinski definition) is 0. The number of hydrogen-bond acceptors (Lipinski definition) is 5. The van der Waals surface area contributed by atoms with Crippen LogP contribution in [-0.4, -0.2) is 24.3 Å². The first kappa shape index (κ1) is 16.8. The molecule has 4 aromatic rings. The van der Waals surface area contributed by atoms with Crippen molar-refractivity contribution in [2.75, 3.05) is 0 Å². The highest BCUT2D eigenvalue weighted by Gasteiger charge is 2.20. The van der Waals surface area contributed by atoms with Crippen LogP contribution in [0, 0.1) is 0 Å². The number of nitrogens with zero attached hydrogens (tertiary/aromatic N) is 5. The molecule has 3 heterocycles. The van der Waals surface area contributed by atoms with Crippen LogP contribution in [0.2, 0.25) is 0 Å². The highest BCUT2D eigenvalue weighted by Crippen LogP contribution is 2.29. The summed E-state index contributed by atoms with van der Waals surface area (Å²) in [6.45, 7) is -0.0500. The number of rotatable bonds is 6. The van der Waals surface area contributed by atoms with Gasteiger partial charge in [0.05, 0.1) is 23.0 Å². The summed E-state index contributed by atoms with van der Waals surface area (Å²) < 4.78 is 35.3. The number of para-hydroxylation sites is 2. The average molecular weight is 375 g/mol. The lowest BCUT2D eigenvalue weighted by Gasteiger charge is -2.08. The third-order valence-corrected chi connectivity index (χ3v) is 4.93. The van der Waals surface area contributed by atoms with E-state index in [4.69, 9.17) is 4.42 Å². The van der Waals surface area contributed by atoms with Crippen LogP contribution in [0.3, 0.4) is 0 Å². The highest BCUT2D eigenvalue weighted by molar-refractivity contribution is 7.98. The summed E-state index contributed by atoms with van der Waals surface area (Å²) in [6, 6.07) is 10.5. The predicted molar refractivity (Wildman–Crippen MR) is 93.9 cm³/mol. The van der Waals surface area contributed by atoms with Crippen molar-refractivity contribution in [1.82, 2.24) is 24.3 Å². The Labute approximate surface area is 151 Å². The molecular weight excluding hydrogens is 360 g/mol. The monoisotopic (exact) mass is 375 g/mol. The lowest BCUT2D eigenvalue weighted by Crippen LogP contribution is -2.04. The predicted octanol–water partition coefficient (Wildman–Crippen LogP) is 4.60. The Morgan fingerprint density at radius 1 is 1.15 bits per heavy atom. The molecule has 0 aliphatic rings. The first-order chi connectivity index (χ1) is 12.7. The molecule has 0 aliphatic carbocycles. The maximum Gasteiger partial charge on any atom is 0.320 e. The third-order valence-electron chi connectivity index (χ3n) is 3.97. The van der Waals surface area contributed by atoms with Gasteiger partial charge in [0.15, 0.2) is 16.7 Å². The summed E-state index contributed by atoms with van der Waals surface area (Å²) in [5.41, 5.74) is 0.975. The maximum absolute atomic E-state index is 13.5. The quantitative estimate of drug-likeness (QED) is 0.461. The number of fused-ring (bicyclic) bond motifs is 1. The molecule has 26 heavy (non-hydrogen) atoms. The van der Waals surface area contributed by atoms with Gasteiger partial charge >= 0.3 is 6.55 Å². The van der Waals surface area contributed by atoms with Gasteiger partial charge in [-0.15, -0.1) is 10.2 Å². The second-order valence-corrected chi connectivity index (χ2v) is 6.42. The van der Waals surface area contributed by atoms with Gasteiger partial charge in [-0.25, -0.2) is 4.98 Å². The lowest BCUT2D eigenvalue weighted by atomic mass is 10.3. The molecule has 0 saturated heterocycles. The Morgan fingerprint density at radius 3 is 2.73 bits per heavy atom. The van der Waals surface area contributed by atoms with Gasteiger partial charge in [0.1, 0.15) is 5.82 Å². The Balaban J connectivity index is 1.64. The molecule has 9 heteroatoms. The molecular formula is C17H15F2N5OS. The van der Waals surface area contributed by atoms with Crippen LogP contribution in [0.4, 0.5) is 8.78 Å². The minimum absolute atomic E-state index is 0.259. The number of furan rings is 1. The second kappa shape index (κ2) is 6.91. The van der Waals surface area contributed by atoms with E-state index >= 15 is 0 Å². The van der Waals surface area contributed by atoms with Gasteiger partial charge in [0.2, 0.25) is 0 Å². The van der Waals surface area contributed by atoms with Crippen molar-refractivity contribution in [1.29, 1.82) is 0 Å². The smallest absolute Gasteiger partial charge is 0.320 e. The fraction of sp³-hybridized carbons (Fsp3) is 0.235.